The molecule has 0 radical (unpaired) electrons. The number of unbranched alkanes of at least 4 members (excludes halogenated alkanes) is 18. The Morgan fingerprint density at radius 3 is 1.02 bits per heavy atom. The van der Waals surface area contributed by atoms with Gasteiger partial charge in [0.2, 0.25) is 0 Å². The van der Waals surface area contributed by atoms with E-state index in [1.54, 1.807) is 0 Å². The quantitative estimate of drug-likeness (QED) is 0.0362. The van der Waals surface area contributed by atoms with Gasteiger partial charge in [-0.1, -0.05) is 130 Å². The van der Waals surface area contributed by atoms with Gasteiger partial charge in [-0.25, -0.2) is 0 Å². The molecule has 0 fully saturated rings. The molecule has 3 unspecified atom stereocenters. The SMILES string of the molecule is CCCCCCCCCC/C=C/CCCCCCCCCCCC[N+](CC(CC)C(=O)O)(CC(CC)C(=O)O)CC(CC)C(=O)O. The molecular formula is C39H74NO6+. The van der Waals surface area contributed by atoms with Crippen LogP contribution in [0.25, 0.3) is 0 Å². The van der Waals surface area contributed by atoms with E-state index in [-0.39, 0.29) is 24.1 Å². The molecule has 270 valence electrons. The van der Waals surface area contributed by atoms with E-state index in [4.69, 9.17) is 0 Å². The standard InChI is InChI=1S/C39H73NO6/c1-5-9-10-11-12-13-14-15-16-17-18-19-20-21-22-23-24-25-26-27-28-29-30-40(31-34(6-2)37(41)42,32-35(7-3)38(43)44)33-36(8-4)39(45)46/h17-18,34-36H,5-16,19-33H2,1-4H3,(H2-,41,42,43,44,45,46)/p+1/b18-17+. The first kappa shape index (κ1) is 44.1. The van der Waals surface area contributed by atoms with Gasteiger partial charge in [0.05, 0.1) is 26.2 Å². The molecule has 0 saturated heterocycles. The molecule has 0 aromatic rings. The van der Waals surface area contributed by atoms with Crippen molar-refractivity contribution < 1.29 is 34.2 Å². The van der Waals surface area contributed by atoms with Crippen molar-refractivity contribution in [3.63, 3.8) is 0 Å². The maximum absolute atomic E-state index is 12.0. The Labute approximate surface area is 283 Å². The number of nitrogens with zero attached hydrogens (tertiary/aromatic N) is 1. The van der Waals surface area contributed by atoms with Gasteiger partial charge in [-0.15, -0.1) is 0 Å². The van der Waals surface area contributed by atoms with Crippen LogP contribution in [-0.2, 0) is 14.4 Å². The Morgan fingerprint density at radius 1 is 0.457 bits per heavy atom. The lowest BCUT2D eigenvalue weighted by molar-refractivity contribution is -0.935. The molecule has 0 rings (SSSR count). The van der Waals surface area contributed by atoms with Gasteiger partial charge >= 0.3 is 17.9 Å². The summed E-state index contributed by atoms with van der Waals surface area (Å²) in [7, 11) is 0. The van der Waals surface area contributed by atoms with Gasteiger partial charge in [0.15, 0.2) is 0 Å². The predicted octanol–water partition coefficient (Wildman–Crippen LogP) is 10.5. The summed E-state index contributed by atoms with van der Waals surface area (Å²) < 4.78 is 0.259. The molecule has 0 spiro atoms. The smallest absolute Gasteiger partial charge is 0.312 e. The highest BCUT2D eigenvalue weighted by atomic mass is 16.4. The molecule has 3 N–H and O–H groups in total. The second-order valence-electron chi connectivity index (χ2n) is 14.0. The topological polar surface area (TPSA) is 112 Å². The Balaban J connectivity index is 4.45. The molecule has 0 saturated carbocycles. The molecule has 0 aliphatic rings. The molecule has 3 atom stereocenters. The summed E-state index contributed by atoms with van der Waals surface area (Å²) in [4.78, 5) is 36.0. The first-order valence-electron chi connectivity index (χ1n) is 19.3. The fraction of sp³-hybridized carbons (Fsp3) is 0.872. The zero-order chi connectivity index (χ0) is 34.5. The Hall–Kier alpha value is -1.89. The third kappa shape index (κ3) is 22.6. The summed E-state index contributed by atoms with van der Waals surface area (Å²) in [6, 6.07) is 0. The van der Waals surface area contributed by atoms with Crippen LogP contribution in [0.5, 0.6) is 0 Å². The fourth-order valence-corrected chi connectivity index (χ4v) is 6.80. The molecule has 7 heteroatoms. The van der Waals surface area contributed by atoms with Gasteiger partial charge in [-0.05, 0) is 57.8 Å². The fourth-order valence-electron chi connectivity index (χ4n) is 6.80. The highest BCUT2D eigenvalue weighted by molar-refractivity contribution is 5.71. The van der Waals surface area contributed by atoms with Crippen molar-refractivity contribution in [3.8, 4) is 0 Å². The molecule has 0 aliphatic heterocycles. The summed E-state index contributed by atoms with van der Waals surface area (Å²) in [5.41, 5.74) is 0. The van der Waals surface area contributed by atoms with E-state index in [0.717, 1.165) is 19.3 Å². The minimum absolute atomic E-state index is 0.259. The van der Waals surface area contributed by atoms with Crippen molar-refractivity contribution in [2.45, 2.75) is 175 Å². The van der Waals surface area contributed by atoms with E-state index < -0.39 is 35.7 Å². The van der Waals surface area contributed by atoms with Gasteiger partial charge in [0.1, 0.15) is 17.8 Å². The number of rotatable bonds is 34. The van der Waals surface area contributed by atoms with Crippen molar-refractivity contribution >= 4 is 17.9 Å². The van der Waals surface area contributed by atoms with Crippen LogP contribution in [0, 0.1) is 17.8 Å². The lowest BCUT2D eigenvalue weighted by atomic mass is 9.95. The number of allylic oxidation sites excluding steroid dienone is 2. The summed E-state index contributed by atoms with van der Waals surface area (Å²) in [6.45, 7) is 9.28. The van der Waals surface area contributed by atoms with E-state index >= 15 is 0 Å². The number of hydrogen-bond acceptors (Lipinski definition) is 3. The van der Waals surface area contributed by atoms with Crippen LogP contribution in [0.2, 0.25) is 0 Å². The third-order valence-corrected chi connectivity index (χ3v) is 9.99. The summed E-state index contributed by atoms with van der Waals surface area (Å²) in [5, 5.41) is 29.5. The average molecular weight is 653 g/mol. The van der Waals surface area contributed by atoms with Crippen LogP contribution in [0.15, 0.2) is 12.2 Å². The Bertz CT molecular complexity index is 738. The van der Waals surface area contributed by atoms with Crippen molar-refractivity contribution in [1.82, 2.24) is 0 Å². The van der Waals surface area contributed by atoms with E-state index in [9.17, 15) is 29.7 Å². The second kappa shape index (κ2) is 29.3. The maximum Gasteiger partial charge on any atom is 0.312 e. The number of quaternary nitrogens is 1. The number of aliphatic carboxylic acids is 3. The first-order chi connectivity index (χ1) is 22.2. The maximum atomic E-state index is 12.0. The lowest BCUT2D eigenvalue weighted by Crippen LogP contribution is -2.58. The number of carboxylic acid groups (broad SMARTS) is 3. The monoisotopic (exact) mass is 653 g/mol. The number of carboxylic acids is 3. The summed E-state index contributed by atoms with van der Waals surface area (Å²) in [5.74, 6) is -4.51. The van der Waals surface area contributed by atoms with Gasteiger partial charge in [0.25, 0.3) is 0 Å². The largest absolute Gasteiger partial charge is 0.481 e. The van der Waals surface area contributed by atoms with E-state index in [1.165, 1.54) is 109 Å². The van der Waals surface area contributed by atoms with Crippen LogP contribution in [0.1, 0.15) is 175 Å². The highest BCUT2D eigenvalue weighted by Gasteiger charge is 2.40. The van der Waals surface area contributed by atoms with Crippen LogP contribution in [0.3, 0.4) is 0 Å². The van der Waals surface area contributed by atoms with Crippen molar-refractivity contribution in [1.29, 1.82) is 0 Å². The number of carbonyl (C=O) groups is 3. The molecule has 46 heavy (non-hydrogen) atoms. The van der Waals surface area contributed by atoms with Crippen LogP contribution >= 0.6 is 0 Å². The summed E-state index contributed by atoms with van der Waals surface area (Å²) in [6.07, 6.45) is 31.4. The second-order valence-corrected chi connectivity index (χ2v) is 14.0. The first-order valence-corrected chi connectivity index (χ1v) is 19.3. The normalized spacial score (nSPS) is 15.0. The van der Waals surface area contributed by atoms with Gasteiger partial charge in [-0.2, -0.15) is 0 Å². The van der Waals surface area contributed by atoms with E-state index in [0.29, 0.717) is 25.8 Å². The molecule has 0 heterocycles. The van der Waals surface area contributed by atoms with Crippen molar-refractivity contribution in [2.75, 3.05) is 26.2 Å². The molecule has 0 aromatic carbocycles. The van der Waals surface area contributed by atoms with Crippen LogP contribution < -0.4 is 0 Å². The Morgan fingerprint density at radius 2 is 0.739 bits per heavy atom. The van der Waals surface area contributed by atoms with Crippen LogP contribution in [-0.4, -0.2) is 63.9 Å². The minimum Gasteiger partial charge on any atom is -0.481 e. The van der Waals surface area contributed by atoms with Gasteiger partial charge < -0.3 is 19.8 Å². The highest BCUT2D eigenvalue weighted by Crippen LogP contribution is 2.25. The molecule has 0 bridgehead atoms. The van der Waals surface area contributed by atoms with Gasteiger partial charge in [0, 0.05) is 0 Å². The van der Waals surface area contributed by atoms with Gasteiger partial charge in [-0.3, -0.25) is 14.4 Å². The molecule has 0 aliphatic carbocycles. The molecule has 0 amide bonds. The molecular weight excluding hydrogens is 578 g/mol. The third-order valence-electron chi connectivity index (χ3n) is 9.99. The average Bonchev–Trinajstić information content (AvgIpc) is 3.03. The predicted molar refractivity (Wildman–Crippen MR) is 191 cm³/mol. The minimum atomic E-state index is -0.887. The zero-order valence-corrected chi connectivity index (χ0v) is 30.5. The lowest BCUT2D eigenvalue weighted by Gasteiger charge is -2.43. The number of hydrogen-bond donors (Lipinski definition) is 3. The summed E-state index contributed by atoms with van der Waals surface area (Å²) >= 11 is 0. The molecule has 0 aromatic heterocycles. The van der Waals surface area contributed by atoms with E-state index in [2.05, 4.69) is 19.1 Å². The molecule has 7 nitrogen and oxygen atoms in total. The Kier molecular flexibility index (Phi) is 28.1. The zero-order valence-electron chi connectivity index (χ0n) is 30.5. The van der Waals surface area contributed by atoms with Crippen molar-refractivity contribution in [3.05, 3.63) is 12.2 Å². The van der Waals surface area contributed by atoms with Crippen LogP contribution in [0.4, 0.5) is 0 Å². The van der Waals surface area contributed by atoms with E-state index in [1.807, 2.05) is 20.8 Å². The van der Waals surface area contributed by atoms with Crippen molar-refractivity contribution in [2.24, 2.45) is 17.8 Å².